The number of thiophene rings is 2. The third-order valence-electron chi connectivity index (χ3n) is 3.69. The third kappa shape index (κ3) is 4.17. The largest absolute Gasteiger partial charge is 0.462 e. The van der Waals surface area contributed by atoms with E-state index in [0.717, 1.165) is 16.0 Å². The van der Waals surface area contributed by atoms with Crippen LogP contribution in [0, 0.1) is 6.92 Å². The van der Waals surface area contributed by atoms with E-state index in [4.69, 9.17) is 4.74 Å². The number of carbonyl (C=O) groups excluding carboxylic acids is 2. The normalized spacial score (nSPS) is 10.5. The highest BCUT2D eigenvalue weighted by Crippen LogP contribution is 2.38. The Morgan fingerprint density at radius 3 is 2.62 bits per heavy atom. The van der Waals surface area contributed by atoms with Gasteiger partial charge in [0, 0.05) is 28.0 Å². The summed E-state index contributed by atoms with van der Waals surface area (Å²) in [7, 11) is 0. The van der Waals surface area contributed by atoms with Gasteiger partial charge in [-0.15, -0.1) is 22.7 Å². The van der Waals surface area contributed by atoms with Crippen LogP contribution in [0.1, 0.15) is 22.8 Å². The molecule has 1 amide bonds. The summed E-state index contributed by atoms with van der Waals surface area (Å²) < 4.78 is 6.99. The summed E-state index contributed by atoms with van der Waals surface area (Å²) in [5.74, 6) is -0.612. The van der Waals surface area contributed by atoms with Crippen molar-refractivity contribution in [2.75, 3.05) is 11.9 Å². The Bertz CT molecular complexity index is 900. The molecule has 0 atom stereocenters. The number of hydrogen-bond acceptors (Lipinski definition) is 5. The van der Waals surface area contributed by atoms with Crippen LogP contribution in [0.15, 0.2) is 47.4 Å². The molecule has 0 fully saturated rings. The molecule has 0 saturated heterocycles. The van der Waals surface area contributed by atoms with Crippen molar-refractivity contribution in [3.05, 3.63) is 58.5 Å². The van der Waals surface area contributed by atoms with E-state index in [2.05, 4.69) is 5.32 Å². The lowest BCUT2D eigenvalue weighted by Crippen LogP contribution is -2.39. The Labute approximate surface area is 159 Å². The van der Waals surface area contributed by atoms with Gasteiger partial charge in [0.15, 0.2) is 12.4 Å². The Kier molecular flexibility index (Phi) is 5.80. The highest BCUT2D eigenvalue weighted by Gasteiger charge is 2.24. The first kappa shape index (κ1) is 18.3. The van der Waals surface area contributed by atoms with Crippen molar-refractivity contribution in [3.8, 4) is 10.4 Å². The molecule has 0 bridgehead atoms. The molecule has 0 unspecified atom stereocenters. The van der Waals surface area contributed by atoms with Crippen LogP contribution in [0.2, 0.25) is 0 Å². The lowest BCUT2D eigenvalue weighted by Gasteiger charge is -2.07. The van der Waals surface area contributed by atoms with Crippen molar-refractivity contribution in [1.29, 1.82) is 0 Å². The second kappa shape index (κ2) is 8.25. The van der Waals surface area contributed by atoms with Crippen molar-refractivity contribution >= 4 is 39.6 Å². The van der Waals surface area contributed by atoms with Gasteiger partial charge < -0.3 is 10.1 Å². The molecule has 3 aromatic rings. The van der Waals surface area contributed by atoms with Gasteiger partial charge in [0.1, 0.15) is 10.6 Å². The van der Waals surface area contributed by atoms with Gasteiger partial charge in [-0.3, -0.25) is 4.79 Å². The fourth-order valence-corrected chi connectivity index (χ4v) is 4.23. The molecule has 26 heavy (non-hydrogen) atoms. The van der Waals surface area contributed by atoms with Crippen LogP contribution in [0.5, 0.6) is 0 Å². The summed E-state index contributed by atoms with van der Waals surface area (Å²) in [5, 5.41) is 7.21. The zero-order valence-electron chi connectivity index (χ0n) is 14.5. The summed E-state index contributed by atoms with van der Waals surface area (Å²) in [4.78, 5) is 25.8. The first-order valence-electron chi connectivity index (χ1n) is 8.16. The molecule has 0 aliphatic carbocycles. The highest BCUT2D eigenvalue weighted by molar-refractivity contribution is 7.17. The molecule has 1 N–H and O–H groups in total. The molecule has 0 aliphatic heterocycles. The second-order valence-corrected chi connectivity index (χ2v) is 7.47. The number of anilines is 1. The number of esters is 1. The third-order valence-corrected chi connectivity index (χ3v) is 5.49. The van der Waals surface area contributed by atoms with Crippen LogP contribution >= 0.6 is 22.7 Å². The Hall–Kier alpha value is -2.51. The maximum absolute atomic E-state index is 12.5. The van der Waals surface area contributed by atoms with Crippen LogP contribution in [0.25, 0.3) is 10.4 Å². The van der Waals surface area contributed by atoms with Crippen LogP contribution in [-0.2, 0) is 16.1 Å². The van der Waals surface area contributed by atoms with Crippen molar-refractivity contribution in [1.82, 2.24) is 0 Å². The average molecular weight is 388 g/mol. The maximum Gasteiger partial charge on any atom is 0.341 e. The van der Waals surface area contributed by atoms with E-state index in [1.807, 2.05) is 54.3 Å². The number of rotatable bonds is 6. The summed E-state index contributed by atoms with van der Waals surface area (Å²) >= 11 is 2.88. The van der Waals surface area contributed by atoms with Crippen LogP contribution in [0.4, 0.5) is 5.00 Å². The Morgan fingerprint density at radius 2 is 1.96 bits per heavy atom. The Morgan fingerprint density at radius 1 is 1.19 bits per heavy atom. The molecule has 3 rings (SSSR count). The number of pyridine rings is 1. The molecule has 0 aliphatic rings. The summed E-state index contributed by atoms with van der Waals surface area (Å²) in [6.07, 6.45) is 3.71. The van der Waals surface area contributed by atoms with Gasteiger partial charge in [-0.1, -0.05) is 6.07 Å². The summed E-state index contributed by atoms with van der Waals surface area (Å²) in [6.45, 7) is 4.22. The van der Waals surface area contributed by atoms with Gasteiger partial charge in [-0.25, -0.2) is 4.79 Å². The first-order chi connectivity index (χ1) is 12.6. The summed E-state index contributed by atoms with van der Waals surface area (Å²) in [6, 6.07) is 7.76. The highest BCUT2D eigenvalue weighted by atomic mass is 32.1. The van der Waals surface area contributed by atoms with Crippen molar-refractivity contribution in [2.24, 2.45) is 0 Å². The van der Waals surface area contributed by atoms with E-state index in [1.165, 1.54) is 11.3 Å². The van der Waals surface area contributed by atoms with Crippen molar-refractivity contribution in [3.63, 3.8) is 0 Å². The first-order valence-corrected chi connectivity index (χ1v) is 9.92. The zero-order chi connectivity index (χ0) is 18.5. The van der Waals surface area contributed by atoms with Gasteiger partial charge in [-0.2, -0.15) is 4.57 Å². The minimum atomic E-state index is -0.421. The van der Waals surface area contributed by atoms with Crippen LogP contribution in [-0.4, -0.2) is 18.5 Å². The number of ether oxygens (including phenoxy) is 1. The number of nitrogens with one attached hydrogen (secondary N) is 1. The van der Waals surface area contributed by atoms with Gasteiger partial charge >= 0.3 is 5.97 Å². The number of nitrogens with zero attached hydrogens (tertiary/aromatic N) is 1. The van der Waals surface area contributed by atoms with Gasteiger partial charge in [0.2, 0.25) is 6.54 Å². The molecule has 5 nitrogen and oxygen atoms in total. The molecule has 7 heteroatoms. The van der Waals surface area contributed by atoms with Crippen LogP contribution in [0.3, 0.4) is 0 Å². The molecule has 0 spiro atoms. The summed E-state index contributed by atoms with van der Waals surface area (Å²) in [5.41, 5.74) is 2.34. The molecule has 134 valence electrons. The number of amides is 1. The molecule has 0 radical (unpaired) electrons. The lowest BCUT2D eigenvalue weighted by molar-refractivity contribution is -0.684. The Balaban J connectivity index is 1.83. The molecular formula is C19H19N2O3S2+. The fraction of sp³-hybridized carbons (Fsp3) is 0.211. The topological polar surface area (TPSA) is 59.3 Å². The van der Waals surface area contributed by atoms with E-state index in [0.29, 0.717) is 10.6 Å². The smallest absolute Gasteiger partial charge is 0.341 e. The van der Waals surface area contributed by atoms with E-state index >= 15 is 0 Å². The molecule has 0 aromatic carbocycles. The predicted octanol–water partition coefficient (Wildman–Crippen LogP) is 3.89. The molecule has 3 aromatic heterocycles. The van der Waals surface area contributed by atoms with Gasteiger partial charge in [0.05, 0.1) is 6.61 Å². The number of aryl methyl sites for hydroxylation is 1. The lowest BCUT2D eigenvalue weighted by atomic mass is 10.1. The monoisotopic (exact) mass is 387 g/mol. The number of carbonyl (C=O) groups is 2. The van der Waals surface area contributed by atoms with E-state index < -0.39 is 5.97 Å². The predicted molar refractivity (Wildman–Crippen MR) is 104 cm³/mol. The minimum absolute atomic E-state index is 0.175. The van der Waals surface area contributed by atoms with Gasteiger partial charge in [0.25, 0.3) is 5.91 Å². The second-order valence-electron chi connectivity index (χ2n) is 5.65. The SMILES string of the molecule is CCOC(=O)c1c(-c2cccs2)csc1NC(=O)C[n+]1ccc(C)cc1. The van der Waals surface area contributed by atoms with Crippen LogP contribution < -0.4 is 9.88 Å². The standard InChI is InChI=1S/C19H18N2O3S2/c1-3-24-19(23)17-14(15-5-4-10-25-15)12-26-18(17)20-16(22)11-21-8-6-13(2)7-9-21/h4-10,12H,3,11H2,1-2H3/p+1. The average Bonchev–Trinajstić information content (AvgIpc) is 3.26. The number of aromatic nitrogens is 1. The fourth-order valence-electron chi connectivity index (χ4n) is 2.44. The quantitative estimate of drug-likeness (QED) is 0.516. The maximum atomic E-state index is 12.5. The molecule has 3 heterocycles. The van der Waals surface area contributed by atoms with Gasteiger partial charge in [-0.05, 0) is 30.9 Å². The van der Waals surface area contributed by atoms with E-state index in [1.54, 1.807) is 22.8 Å². The van der Waals surface area contributed by atoms with Crippen molar-refractivity contribution in [2.45, 2.75) is 20.4 Å². The van der Waals surface area contributed by atoms with Crippen molar-refractivity contribution < 1.29 is 18.9 Å². The molecular weight excluding hydrogens is 368 g/mol. The zero-order valence-corrected chi connectivity index (χ0v) is 16.2. The number of hydrogen-bond donors (Lipinski definition) is 1. The van der Waals surface area contributed by atoms with E-state index in [9.17, 15) is 9.59 Å². The minimum Gasteiger partial charge on any atom is -0.462 e. The molecule has 0 saturated carbocycles. The van der Waals surface area contributed by atoms with E-state index in [-0.39, 0.29) is 19.1 Å².